The molecular weight excluding hydrogens is 302 g/mol. The Bertz CT molecular complexity index is 622. The summed E-state index contributed by atoms with van der Waals surface area (Å²) in [7, 11) is -3.37. The molecule has 0 aliphatic carbocycles. The third-order valence-electron chi connectivity index (χ3n) is 2.96. The maximum Gasteiger partial charge on any atom is 0.250 e. The molecule has 8 heteroatoms. The van der Waals surface area contributed by atoms with Gasteiger partial charge in [-0.05, 0) is 17.9 Å². The Morgan fingerprint density at radius 2 is 2.26 bits per heavy atom. The first-order chi connectivity index (χ1) is 9.15. The molecule has 0 aromatic carbocycles. The molecule has 102 valence electrons. The van der Waals surface area contributed by atoms with Crippen molar-refractivity contribution in [2.75, 3.05) is 18.0 Å². The number of anilines is 1. The number of aromatic nitrogens is 1. The highest BCUT2D eigenvalue weighted by Gasteiger charge is 2.28. The van der Waals surface area contributed by atoms with Crippen LogP contribution in [0.5, 0.6) is 0 Å². The van der Waals surface area contributed by atoms with Crippen LogP contribution in [0.15, 0.2) is 33.3 Å². The number of thiophene rings is 1. The molecule has 2 aromatic heterocycles. The van der Waals surface area contributed by atoms with Crippen LogP contribution >= 0.6 is 22.7 Å². The van der Waals surface area contributed by atoms with Crippen LogP contribution in [0.25, 0.3) is 0 Å². The van der Waals surface area contributed by atoms with Crippen molar-refractivity contribution in [2.45, 2.75) is 16.7 Å². The minimum absolute atomic E-state index is 0.0454. The maximum atomic E-state index is 12.1. The van der Waals surface area contributed by atoms with Gasteiger partial charge in [-0.3, -0.25) is 0 Å². The molecule has 0 spiro atoms. The van der Waals surface area contributed by atoms with E-state index in [9.17, 15) is 8.42 Å². The van der Waals surface area contributed by atoms with Gasteiger partial charge < -0.3 is 4.90 Å². The lowest BCUT2D eigenvalue weighted by molar-refractivity contribution is 0.563. The second-order valence-corrected chi connectivity index (χ2v) is 8.06. The van der Waals surface area contributed by atoms with Crippen molar-refractivity contribution >= 4 is 37.8 Å². The summed E-state index contributed by atoms with van der Waals surface area (Å²) in [5.74, 6) is 0. The van der Waals surface area contributed by atoms with Gasteiger partial charge in [0, 0.05) is 30.7 Å². The molecule has 0 amide bonds. The molecular formula is C11H13N3O2S3. The monoisotopic (exact) mass is 315 g/mol. The van der Waals surface area contributed by atoms with Crippen molar-refractivity contribution in [3.05, 3.63) is 29.1 Å². The fourth-order valence-electron chi connectivity index (χ4n) is 2.10. The summed E-state index contributed by atoms with van der Waals surface area (Å²) in [5, 5.41) is 4.65. The van der Waals surface area contributed by atoms with E-state index in [0.29, 0.717) is 10.8 Å². The zero-order valence-corrected chi connectivity index (χ0v) is 12.5. The zero-order chi connectivity index (χ0) is 13.3. The van der Waals surface area contributed by atoms with Crippen LogP contribution in [0.2, 0.25) is 0 Å². The fraction of sp³-hybridized carbons (Fsp3) is 0.364. The summed E-state index contributed by atoms with van der Waals surface area (Å²) in [6.07, 6.45) is 2.58. The van der Waals surface area contributed by atoms with Crippen LogP contribution in [0.1, 0.15) is 6.42 Å². The predicted molar refractivity (Wildman–Crippen MR) is 77.4 cm³/mol. The Hall–Kier alpha value is -0.960. The SMILES string of the molecule is O=S(=O)(N[C@H]1CCN(c2nccs2)C1)c1cccs1. The number of nitrogens with one attached hydrogen (secondary N) is 1. The molecule has 1 aliphatic heterocycles. The van der Waals surface area contributed by atoms with Gasteiger partial charge in [0.25, 0.3) is 0 Å². The first kappa shape index (κ1) is 13.0. The van der Waals surface area contributed by atoms with E-state index in [0.717, 1.165) is 18.1 Å². The van der Waals surface area contributed by atoms with E-state index < -0.39 is 10.0 Å². The van der Waals surface area contributed by atoms with Gasteiger partial charge in [0.15, 0.2) is 5.13 Å². The van der Waals surface area contributed by atoms with Gasteiger partial charge in [-0.2, -0.15) is 0 Å². The van der Waals surface area contributed by atoms with Crippen LogP contribution in [-0.2, 0) is 10.0 Å². The van der Waals surface area contributed by atoms with Crippen molar-refractivity contribution in [1.82, 2.24) is 9.71 Å². The van der Waals surface area contributed by atoms with Gasteiger partial charge in [0.05, 0.1) is 0 Å². The molecule has 3 rings (SSSR count). The highest BCUT2D eigenvalue weighted by Crippen LogP contribution is 2.24. The van der Waals surface area contributed by atoms with Gasteiger partial charge in [0.1, 0.15) is 4.21 Å². The number of thiazole rings is 1. The lowest BCUT2D eigenvalue weighted by Gasteiger charge is -2.15. The average molecular weight is 315 g/mol. The van der Waals surface area contributed by atoms with Gasteiger partial charge >= 0.3 is 0 Å². The first-order valence-corrected chi connectivity index (χ1v) is 9.10. The first-order valence-electron chi connectivity index (χ1n) is 5.85. The van der Waals surface area contributed by atoms with E-state index in [1.807, 2.05) is 5.38 Å². The quantitative estimate of drug-likeness (QED) is 0.934. The van der Waals surface area contributed by atoms with Crippen LogP contribution in [0, 0.1) is 0 Å². The minimum Gasteiger partial charge on any atom is -0.346 e. The lowest BCUT2D eigenvalue weighted by atomic mass is 10.3. The molecule has 1 N–H and O–H groups in total. The Balaban J connectivity index is 1.66. The average Bonchev–Trinajstić information content (AvgIpc) is 3.11. The topological polar surface area (TPSA) is 62.3 Å². The minimum atomic E-state index is -3.37. The van der Waals surface area contributed by atoms with E-state index in [1.165, 1.54) is 11.3 Å². The Kier molecular flexibility index (Phi) is 3.57. The van der Waals surface area contributed by atoms with Crippen molar-refractivity contribution in [3.8, 4) is 0 Å². The van der Waals surface area contributed by atoms with E-state index in [1.54, 1.807) is 35.0 Å². The van der Waals surface area contributed by atoms with Gasteiger partial charge in [0.2, 0.25) is 10.0 Å². The lowest BCUT2D eigenvalue weighted by Crippen LogP contribution is -2.36. The molecule has 1 aliphatic rings. The molecule has 1 saturated heterocycles. The number of hydrogen-bond acceptors (Lipinski definition) is 6. The smallest absolute Gasteiger partial charge is 0.250 e. The zero-order valence-electron chi connectivity index (χ0n) is 10.0. The molecule has 2 aromatic rings. The summed E-state index contributed by atoms with van der Waals surface area (Å²) in [4.78, 5) is 6.37. The molecule has 0 radical (unpaired) electrons. The van der Waals surface area contributed by atoms with Crippen LogP contribution < -0.4 is 9.62 Å². The van der Waals surface area contributed by atoms with Gasteiger partial charge in [-0.1, -0.05) is 6.07 Å². The Morgan fingerprint density at radius 1 is 1.37 bits per heavy atom. The van der Waals surface area contributed by atoms with Crippen molar-refractivity contribution in [3.63, 3.8) is 0 Å². The number of sulfonamides is 1. The summed E-state index contributed by atoms with van der Waals surface area (Å²) in [6.45, 7) is 1.52. The summed E-state index contributed by atoms with van der Waals surface area (Å²) >= 11 is 2.82. The van der Waals surface area contributed by atoms with Crippen LogP contribution in [0.4, 0.5) is 5.13 Å². The molecule has 1 fully saturated rings. The molecule has 0 bridgehead atoms. The van der Waals surface area contributed by atoms with E-state index in [2.05, 4.69) is 14.6 Å². The fourth-order valence-corrected chi connectivity index (χ4v) is 5.05. The summed E-state index contributed by atoms with van der Waals surface area (Å²) in [5.41, 5.74) is 0. The molecule has 19 heavy (non-hydrogen) atoms. The molecule has 0 saturated carbocycles. The van der Waals surface area contributed by atoms with Gasteiger partial charge in [-0.25, -0.2) is 18.1 Å². The largest absolute Gasteiger partial charge is 0.346 e. The van der Waals surface area contributed by atoms with E-state index in [4.69, 9.17) is 0 Å². The summed E-state index contributed by atoms with van der Waals surface area (Å²) in [6, 6.07) is 3.33. The highest BCUT2D eigenvalue weighted by molar-refractivity contribution is 7.91. The Labute approximate surface area is 120 Å². The maximum absolute atomic E-state index is 12.1. The second-order valence-electron chi connectivity index (χ2n) is 4.30. The molecule has 0 unspecified atom stereocenters. The normalized spacial score (nSPS) is 20.0. The second kappa shape index (κ2) is 5.20. The molecule has 1 atom stereocenters. The number of rotatable bonds is 4. The van der Waals surface area contributed by atoms with E-state index >= 15 is 0 Å². The van der Waals surface area contributed by atoms with Gasteiger partial charge in [-0.15, -0.1) is 22.7 Å². The van der Waals surface area contributed by atoms with E-state index in [-0.39, 0.29) is 6.04 Å². The molecule has 5 nitrogen and oxygen atoms in total. The van der Waals surface area contributed by atoms with Crippen LogP contribution in [-0.4, -0.2) is 32.5 Å². The molecule has 3 heterocycles. The third-order valence-corrected chi connectivity index (χ3v) is 6.71. The van der Waals surface area contributed by atoms with Crippen molar-refractivity contribution in [2.24, 2.45) is 0 Å². The van der Waals surface area contributed by atoms with Crippen molar-refractivity contribution < 1.29 is 8.42 Å². The predicted octanol–water partition coefficient (Wildman–Crippen LogP) is 1.76. The van der Waals surface area contributed by atoms with Crippen molar-refractivity contribution in [1.29, 1.82) is 0 Å². The summed E-state index contributed by atoms with van der Waals surface area (Å²) < 4.78 is 27.4. The van der Waals surface area contributed by atoms with Crippen LogP contribution in [0.3, 0.4) is 0 Å². The third kappa shape index (κ3) is 2.81. The number of nitrogens with zero attached hydrogens (tertiary/aromatic N) is 2. The highest BCUT2D eigenvalue weighted by atomic mass is 32.2. The standard InChI is InChI=1S/C11H13N3O2S3/c15-19(16,10-2-1-6-17-10)13-9-3-5-14(8-9)11-12-4-7-18-11/h1-2,4,6-7,9,13H,3,5,8H2/t9-/m0/s1. The number of hydrogen-bond donors (Lipinski definition) is 1. The Morgan fingerprint density at radius 3 is 2.95 bits per heavy atom.